The van der Waals surface area contributed by atoms with Crippen molar-refractivity contribution in [2.24, 2.45) is 5.73 Å². The molecule has 36 heavy (non-hydrogen) atoms. The van der Waals surface area contributed by atoms with Crippen LogP contribution in [0.25, 0.3) is 0 Å². The molecule has 0 bridgehead atoms. The zero-order chi connectivity index (χ0) is 25.0. The first-order valence-corrected chi connectivity index (χ1v) is 11.9. The van der Waals surface area contributed by atoms with E-state index in [-0.39, 0.29) is 46.1 Å². The zero-order valence-corrected chi connectivity index (χ0v) is 21.6. The van der Waals surface area contributed by atoms with Gasteiger partial charge in [-0.25, -0.2) is 0 Å². The number of amides is 2. The summed E-state index contributed by atoms with van der Waals surface area (Å²) in [7, 11) is 0. The number of carbonyl (C=O) groups is 2. The van der Waals surface area contributed by atoms with E-state index < -0.39 is 17.3 Å². The van der Waals surface area contributed by atoms with Gasteiger partial charge in [0.15, 0.2) is 11.5 Å². The molecule has 1 atom stereocenters. The molecule has 0 aromatic heterocycles. The summed E-state index contributed by atoms with van der Waals surface area (Å²) in [6.45, 7) is 0.834. The first kappa shape index (κ1) is 27.6. The normalized spacial score (nSPS) is 16.3. The van der Waals surface area contributed by atoms with Crippen molar-refractivity contribution in [1.29, 1.82) is 0 Å². The van der Waals surface area contributed by atoms with Crippen LogP contribution >= 0.6 is 35.6 Å². The van der Waals surface area contributed by atoms with Crippen LogP contribution in [0.4, 0.5) is 5.69 Å². The van der Waals surface area contributed by atoms with Crippen molar-refractivity contribution in [3.63, 3.8) is 0 Å². The fourth-order valence-corrected chi connectivity index (χ4v) is 4.51. The molecule has 1 aliphatic heterocycles. The first-order chi connectivity index (χ1) is 16.9. The molecule has 4 rings (SSSR count). The fourth-order valence-electron chi connectivity index (χ4n) is 3.95. The van der Waals surface area contributed by atoms with Gasteiger partial charge in [-0.05, 0) is 43.1 Å². The second-order valence-electron chi connectivity index (χ2n) is 8.19. The Balaban J connectivity index is 0.00000361. The standard InChI is InChI=1S/C26H25Cl2N3O4.ClH/c27-20-15-19(22(32)21(28)23(20)35-14-8-7-13-29)24(33)30-26(16-17-9-3-1-4-10-17)25(34)31(26)18-11-5-2-6-12-18;/h1-6,9-12,15,32H,7-8,13-14,16,29H2,(H,30,33);1H/t26-,31?;/m0./s1. The predicted octanol–water partition coefficient (Wildman–Crippen LogP) is 4.95. The third kappa shape index (κ3) is 5.55. The van der Waals surface area contributed by atoms with Gasteiger partial charge in [-0.3, -0.25) is 14.5 Å². The number of phenolic OH excluding ortho intramolecular Hbond substituents is 1. The Morgan fingerprint density at radius 2 is 1.69 bits per heavy atom. The van der Waals surface area contributed by atoms with Crippen molar-refractivity contribution in [2.75, 3.05) is 18.1 Å². The molecular weight excluding hydrogens is 525 g/mol. The Morgan fingerprint density at radius 1 is 1.06 bits per heavy atom. The van der Waals surface area contributed by atoms with Crippen LogP contribution in [0, 0.1) is 0 Å². The number of aromatic hydroxyl groups is 1. The van der Waals surface area contributed by atoms with E-state index >= 15 is 0 Å². The van der Waals surface area contributed by atoms with Crippen LogP contribution in [0.5, 0.6) is 11.5 Å². The minimum Gasteiger partial charge on any atom is -0.505 e. The molecule has 0 spiro atoms. The lowest BCUT2D eigenvalue weighted by atomic mass is 10.0. The Morgan fingerprint density at radius 3 is 2.33 bits per heavy atom. The number of para-hydroxylation sites is 1. The molecule has 2 amide bonds. The van der Waals surface area contributed by atoms with E-state index in [0.717, 1.165) is 12.0 Å². The number of nitrogens with zero attached hydrogens (tertiary/aromatic N) is 1. The minimum atomic E-state index is -1.32. The second-order valence-corrected chi connectivity index (χ2v) is 8.98. The molecular formula is C26H26Cl3N3O4. The summed E-state index contributed by atoms with van der Waals surface area (Å²) < 4.78 is 5.60. The van der Waals surface area contributed by atoms with Crippen LogP contribution < -0.4 is 20.7 Å². The Labute approximate surface area is 225 Å². The second kappa shape index (κ2) is 11.8. The molecule has 1 fully saturated rings. The molecule has 3 aromatic rings. The third-order valence-electron chi connectivity index (χ3n) is 5.77. The van der Waals surface area contributed by atoms with Gasteiger partial charge in [-0.1, -0.05) is 71.7 Å². The molecule has 1 heterocycles. The van der Waals surface area contributed by atoms with Crippen LogP contribution in [0.2, 0.25) is 10.0 Å². The van der Waals surface area contributed by atoms with Gasteiger partial charge in [0.1, 0.15) is 5.02 Å². The molecule has 0 aliphatic carbocycles. The molecule has 190 valence electrons. The Kier molecular flexibility index (Phi) is 9.08. The average Bonchev–Trinajstić information content (AvgIpc) is 3.43. The quantitative estimate of drug-likeness (QED) is 0.245. The van der Waals surface area contributed by atoms with Crippen molar-refractivity contribution in [3.8, 4) is 11.5 Å². The van der Waals surface area contributed by atoms with Crippen molar-refractivity contribution in [3.05, 3.63) is 87.9 Å². The number of carbonyl (C=O) groups excluding carboxylic acids is 2. The van der Waals surface area contributed by atoms with Gasteiger partial charge in [0, 0.05) is 12.1 Å². The lowest BCUT2D eigenvalue weighted by Gasteiger charge is -2.19. The zero-order valence-electron chi connectivity index (χ0n) is 19.2. The van der Waals surface area contributed by atoms with Crippen LogP contribution in [0.15, 0.2) is 66.7 Å². The Hall–Kier alpha value is -2.97. The van der Waals surface area contributed by atoms with Gasteiger partial charge in [0.2, 0.25) is 5.66 Å². The van der Waals surface area contributed by atoms with E-state index in [0.29, 0.717) is 25.3 Å². The van der Waals surface area contributed by atoms with Gasteiger partial charge in [0.05, 0.1) is 17.2 Å². The van der Waals surface area contributed by atoms with Crippen LogP contribution in [0.3, 0.4) is 0 Å². The number of phenols is 1. The monoisotopic (exact) mass is 549 g/mol. The first-order valence-electron chi connectivity index (χ1n) is 11.2. The number of hydrogen-bond acceptors (Lipinski definition) is 5. The summed E-state index contributed by atoms with van der Waals surface area (Å²) in [6, 6.07) is 19.7. The molecule has 3 aromatic carbocycles. The molecule has 7 nitrogen and oxygen atoms in total. The maximum absolute atomic E-state index is 13.3. The number of anilines is 1. The van der Waals surface area contributed by atoms with Crippen LogP contribution in [0.1, 0.15) is 28.8 Å². The van der Waals surface area contributed by atoms with Crippen LogP contribution in [-0.2, 0) is 11.2 Å². The number of benzene rings is 3. The summed E-state index contributed by atoms with van der Waals surface area (Å²) in [4.78, 5) is 28.0. The molecule has 0 radical (unpaired) electrons. The van der Waals surface area contributed by atoms with Gasteiger partial charge < -0.3 is 20.9 Å². The van der Waals surface area contributed by atoms with Gasteiger partial charge in [-0.2, -0.15) is 0 Å². The smallest absolute Gasteiger partial charge is 0.276 e. The van der Waals surface area contributed by atoms with E-state index in [1.54, 1.807) is 12.1 Å². The summed E-state index contributed by atoms with van der Waals surface area (Å²) in [5, 5.41) is 13.4. The number of ether oxygens (including phenoxy) is 1. The molecule has 10 heteroatoms. The van der Waals surface area contributed by atoms with Gasteiger partial charge in [-0.15, -0.1) is 12.4 Å². The summed E-state index contributed by atoms with van der Waals surface area (Å²) in [5.41, 5.74) is 5.52. The number of halogens is 3. The van der Waals surface area contributed by atoms with Crippen molar-refractivity contribution in [2.45, 2.75) is 24.9 Å². The highest BCUT2D eigenvalue weighted by Gasteiger charge is 2.64. The maximum atomic E-state index is 13.3. The fraction of sp³-hybridized carbons (Fsp3) is 0.231. The molecule has 0 unspecified atom stereocenters. The van der Waals surface area contributed by atoms with Gasteiger partial charge >= 0.3 is 0 Å². The number of nitrogens with one attached hydrogen (secondary N) is 1. The number of hydrogen-bond donors (Lipinski definition) is 3. The average molecular weight is 551 g/mol. The highest BCUT2D eigenvalue weighted by atomic mass is 35.5. The highest BCUT2D eigenvalue weighted by molar-refractivity contribution is 6.39. The predicted molar refractivity (Wildman–Crippen MR) is 143 cm³/mol. The lowest BCUT2D eigenvalue weighted by molar-refractivity contribution is -0.111. The van der Waals surface area contributed by atoms with Crippen molar-refractivity contribution in [1.82, 2.24) is 5.32 Å². The van der Waals surface area contributed by atoms with Gasteiger partial charge in [0.25, 0.3) is 11.8 Å². The Bertz CT molecular complexity index is 1230. The summed E-state index contributed by atoms with van der Waals surface area (Å²) in [6.07, 6.45) is 1.68. The van der Waals surface area contributed by atoms with E-state index in [2.05, 4.69) is 5.32 Å². The lowest BCUT2D eigenvalue weighted by Crippen LogP contribution is -2.44. The number of rotatable bonds is 10. The van der Waals surface area contributed by atoms with Crippen molar-refractivity contribution >= 4 is 53.1 Å². The number of unbranched alkanes of at least 4 members (excludes halogenated alkanes) is 1. The molecule has 4 N–H and O–H groups in total. The largest absolute Gasteiger partial charge is 0.505 e. The minimum absolute atomic E-state index is 0. The van der Waals surface area contributed by atoms with E-state index in [9.17, 15) is 14.7 Å². The molecule has 1 aliphatic rings. The SMILES string of the molecule is Cl.NCCCCOc1c(Cl)cc(C(=O)N[C@]2(Cc3ccccc3)C(=O)N2c2ccccc2)c(O)c1Cl. The van der Waals surface area contributed by atoms with E-state index in [4.69, 9.17) is 33.7 Å². The van der Waals surface area contributed by atoms with Crippen LogP contribution in [-0.4, -0.2) is 35.7 Å². The highest BCUT2D eigenvalue weighted by Crippen LogP contribution is 2.44. The summed E-state index contributed by atoms with van der Waals surface area (Å²) >= 11 is 12.6. The van der Waals surface area contributed by atoms with E-state index in [1.807, 2.05) is 48.5 Å². The number of nitrogens with two attached hydrogens (primary N) is 1. The summed E-state index contributed by atoms with van der Waals surface area (Å²) in [5.74, 6) is -1.34. The van der Waals surface area contributed by atoms with E-state index in [1.165, 1.54) is 11.0 Å². The molecule has 1 saturated heterocycles. The topological polar surface area (TPSA) is 105 Å². The third-order valence-corrected chi connectivity index (χ3v) is 6.40. The van der Waals surface area contributed by atoms with Crippen molar-refractivity contribution < 1.29 is 19.4 Å². The molecule has 0 saturated carbocycles. The maximum Gasteiger partial charge on any atom is 0.276 e.